The van der Waals surface area contributed by atoms with E-state index in [9.17, 15) is 23.9 Å². The summed E-state index contributed by atoms with van der Waals surface area (Å²) in [5, 5.41) is 14.0. The summed E-state index contributed by atoms with van der Waals surface area (Å²) in [5.74, 6) is -2.22. The number of carbonyl (C=O) groups is 3. The minimum Gasteiger partial charge on any atom is -0.479 e. The molecule has 132 valence electrons. The maximum absolute atomic E-state index is 13.3. The van der Waals surface area contributed by atoms with Crippen molar-refractivity contribution in [1.29, 1.82) is 0 Å². The van der Waals surface area contributed by atoms with Crippen LogP contribution in [-0.4, -0.2) is 29.4 Å². The molecule has 0 heterocycles. The van der Waals surface area contributed by atoms with Gasteiger partial charge in [-0.2, -0.15) is 0 Å². The summed E-state index contributed by atoms with van der Waals surface area (Å²) in [6.45, 7) is 5.18. The molecule has 0 aromatic heterocycles. The average molecular weight is 338 g/mol. The first-order valence-electron chi connectivity index (χ1n) is 7.75. The molecule has 0 radical (unpaired) electrons. The first kappa shape index (κ1) is 19.6. The van der Waals surface area contributed by atoms with Gasteiger partial charge < -0.3 is 15.7 Å². The van der Waals surface area contributed by atoms with E-state index < -0.39 is 23.7 Å². The standard InChI is InChI=1S/C17H23FN2O4/c1-10(2)4-7-14(21)19-9-15(22)20-16(17(23)24)12-5-6-13(18)11(3)8-12/h5-6,8,10,16H,4,7,9H2,1-3H3,(H,19,21)(H,20,22)(H,23,24). The van der Waals surface area contributed by atoms with Crippen LogP contribution in [0.4, 0.5) is 4.39 Å². The van der Waals surface area contributed by atoms with Crippen molar-refractivity contribution in [2.75, 3.05) is 6.54 Å². The fourth-order valence-electron chi connectivity index (χ4n) is 2.03. The van der Waals surface area contributed by atoms with Crippen molar-refractivity contribution < 1.29 is 23.9 Å². The Morgan fingerprint density at radius 1 is 1.21 bits per heavy atom. The molecule has 0 fully saturated rings. The van der Waals surface area contributed by atoms with E-state index in [4.69, 9.17) is 0 Å². The van der Waals surface area contributed by atoms with E-state index in [1.165, 1.54) is 19.1 Å². The van der Waals surface area contributed by atoms with E-state index in [1.54, 1.807) is 0 Å². The SMILES string of the molecule is Cc1cc(C(NC(=O)CNC(=O)CCC(C)C)C(=O)O)ccc1F. The summed E-state index contributed by atoms with van der Waals surface area (Å²) in [6, 6.07) is 2.53. The Bertz CT molecular complexity index is 617. The maximum atomic E-state index is 13.3. The number of halogens is 1. The van der Waals surface area contributed by atoms with Crippen molar-refractivity contribution in [2.24, 2.45) is 5.92 Å². The largest absolute Gasteiger partial charge is 0.479 e. The molecule has 0 bridgehead atoms. The second-order valence-electron chi connectivity index (χ2n) is 6.06. The number of amides is 2. The average Bonchev–Trinajstić information content (AvgIpc) is 2.51. The zero-order chi connectivity index (χ0) is 18.3. The van der Waals surface area contributed by atoms with Gasteiger partial charge in [-0.15, -0.1) is 0 Å². The Kier molecular flexibility index (Phi) is 7.35. The number of rotatable bonds is 8. The van der Waals surface area contributed by atoms with Gasteiger partial charge in [0.15, 0.2) is 6.04 Å². The fraction of sp³-hybridized carbons (Fsp3) is 0.471. The molecule has 0 saturated carbocycles. The van der Waals surface area contributed by atoms with Crippen LogP contribution in [0.5, 0.6) is 0 Å². The Balaban J connectivity index is 2.62. The summed E-state index contributed by atoms with van der Waals surface area (Å²) in [7, 11) is 0. The van der Waals surface area contributed by atoms with Crippen LogP contribution in [0, 0.1) is 18.7 Å². The van der Waals surface area contributed by atoms with E-state index in [0.717, 1.165) is 6.07 Å². The maximum Gasteiger partial charge on any atom is 0.330 e. The highest BCUT2D eigenvalue weighted by atomic mass is 19.1. The van der Waals surface area contributed by atoms with Gasteiger partial charge in [0.05, 0.1) is 6.54 Å². The highest BCUT2D eigenvalue weighted by Gasteiger charge is 2.22. The summed E-state index contributed by atoms with van der Waals surface area (Å²) >= 11 is 0. The molecule has 1 rings (SSSR count). The molecule has 1 unspecified atom stereocenters. The molecular weight excluding hydrogens is 315 g/mol. The Morgan fingerprint density at radius 3 is 2.42 bits per heavy atom. The van der Waals surface area contributed by atoms with Crippen LogP contribution < -0.4 is 10.6 Å². The summed E-state index contributed by atoms with van der Waals surface area (Å²) < 4.78 is 13.3. The number of hydrogen-bond acceptors (Lipinski definition) is 3. The lowest BCUT2D eigenvalue weighted by Crippen LogP contribution is -2.41. The smallest absolute Gasteiger partial charge is 0.330 e. The van der Waals surface area contributed by atoms with Crippen LogP contribution in [0.1, 0.15) is 43.9 Å². The number of carbonyl (C=O) groups excluding carboxylic acids is 2. The van der Waals surface area contributed by atoms with Crippen LogP contribution in [0.25, 0.3) is 0 Å². The van der Waals surface area contributed by atoms with Crippen LogP contribution in [-0.2, 0) is 14.4 Å². The molecule has 1 aromatic rings. The fourth-order valence-corrected chi connectivity index (χ4v) is 2.03. The van der Waals surface area contributed by atoms with Crippen molar-refractivity contribution in [3.63, 3.8) is 0 Å². The number of nitrogens with one attached hydrogen (secondary N) is 2. The van der Waals surface area contributed by atoms with E-state index in [0.29, 0.717) is 18.8 Å². The molecule has 0 spiro atoms. The van der Waals surface area contributed by atoms with Crippen molar-refractivity contribution >= 4 is 17.8 Å². The molecular formula is C17H23FN2O4. The highest BCUT2D eigenvalue weighted by Crippen LogP contribution is 2.17. The number of carboxylic acid groups (broad SMARTS) is 1. The molecule has 1 atom stereocenters. The third-order valence-corrected chi connectivity index (χ3v) is 3.46. The van der Waals surface area contributed by atoms with Crippen molar-refractivity contribution in [3.05, 3.63) is 35.1 Å². The van der Waals surface area contributed by atoms with Gasteiger partial charge >= 0.3 is 5.97 Å². The van der Waals surface area contributed by atoms with Gasteiger partial charge in [-0.25, -0.2) is 9.18 Å². The number of benzene rings is 1. The molecule has 24 heavy (non-hydrogen) atoms. The van der Waals surface area contributed by atoms with E-state index in [2.05, 4.69) is 10.6 Å². The van der Waals surface area contributed by atoms with Crippen molar-refractivity contribution in [3.8, 4) is 0 Å². The Morgan fingerprint density at radius 2 is 1.88 bits per heavy atom. The monoisotopic (exact) mass is 338 g/mol. The Labute approximate surface area is 140 Å². The molecule has 0 saturated heterocycles. The molecule has 3 N–H and O–H groups in total. The molecule has 7 heteroatoms. The lowest BCUT2D eigenvalue weighted by molar-refractivity contribution is -0.142. The quantitative estimate of drug-likeness (QED) is 0.675. The minimum absolute atomic E-state index is 0.261. The molecule has 6 nitrogen and oxygen atoms in total. The topological polar surface area (TPSA) is 95.5 Å². The van der Waals surface area contributed by atoms with Crippen LogP contribution in [0.3, 0.4) is 0 Å². The predicted octanol–water partition coefficient (Wildman–Crippen LogP) is 1.93. The van der Waals surface area contributed by atoms with Gasteiger partial charge in [0.2, 0.25) is 11.8 Å². The minimum atomic E-state index is -1.30. The van der Waals surface area contributed by atoms with Gasteiger partial charge in [-0.05, 0) is 36.5 Å². The first-order chi connectivity index (χ1) is 11.2. The third-order valence-electron chi connectivity index (χ3n) is 3.46. The van der Waals surface area contributed by atoms with Crippen molar-refractivity contribution in [2.45, 2.75) is 39.7 Å². The van der Waals surface area contributed by atoms with E-state index in [-0.39, 0.29) is 23.6 Å². The summed E-state index contributed by atoms with van der Waals surface area (Å²) in [5.41, 5.74) is 0.552. The lowest BCUT2D eigenvalue weighted by atomic mass is 10.0. The number of carboxylic acids is 1. The van der Waals surface area contributed by atoms with Gasteiger partial charge in [-0.1, -0.05) is 26.0 Å². The van der Waals surface area contributed by atoms with Crippen LogP contribution in [0.15, 0.2) is 18.2 Å². The number of aryl methyl sites for hydroxylation is 1. The first-order valence-corrected chi connectivity index (χ1v) is 7.75. The van der Waals surface area contributed by atoms with Gasteiger partial charge in [-0.3, -0.25) is 9.59 Å². The van der Waals surface area contributed by atoms with Gasteiger partial charge in [0.1, 0.15) is 5.82 Å². The highest BCUT2D eigenvalue weighted by molar-refractivity contribution is 5.88. The predicted molar refractivity (Wildman–Crippen MR) is 86.7 cm³/mol. The Hall–Kier alpha value is -2.44. The molecule has 0 aliphatic heterocycles. The molecule has 1 aromatic carbocycles. The molecule has 2 amide bonds. The van der Waals surface area contributed by atoms with Crippen LogP contribution >= 0.6 is 0 Å². The van der Waals surface area contributed by atoms with E-state index in [1.807, 2.05) is 13.8 Å². The summed E-state index contributed by atoms with van der Waals surface area (Å²) in [4.78, 5) is 34.8. The van der Waals surface area contributed by atoms with Gasteiger partial charge in [0, 0.05) is 6.42 Å². The normalized spacial score (nSPS) is 11.9. The summed E-state index contributed by atoms with van der Waals surface area (Å²) in [6.07, 6.45) is 1.02. The zero-order valence-corrected chi connectivity index (χ0v) is 14.1. The lowest BCUT2D eigenvalue weighted by Gasteiger charge is -2.16. The molecule has 0 aliphatic rings. The zero-order valence-electron chi connectivity index (χ0n) is 14.1. The second-order valence-corrected chi connectivity index (χ2v) is 6.06. The number of aliphatic carboxylic acids is 1. The van der Waals surface area contributed by atoms with Gasteiger partial charge in [0.25, 0.3) is 0 Å². The third kappa shape index (κ3) is 6.36. The second kappa shape index (κ2) is 9.00. The van der Waals surface area contributed by atoms with Crippen LogP contribution in [0.2, 0.25) is 0 Å². The van der Waals surface area contributed by atoms with E-state index >= 15 is 0 Å². The number of hydrogen-bond donors (Lipinski definition) is 3. The van der Waals surface area contributed by atoms with Crippen molar-refractivity contribution in [1.82, 2.24) is 10.6 Å². The molecule has 0 aliphatic carbocycles.